The Morgan fingerprint density at radius 2 is 1.06 bits per heavy atom. The van der Waals surface area contributed by atoms with Gasteiger partial charge in [0.25, 0.3) is 17.1 Å². The van der Waals surface area contributed by atoms with Crippen LogP contribution in [0.1, 0.15) is 0 Å². The van der Waals surface area contributed by atoms with Crippen LogP contribution in [0.5, 0.6) is 0 Å². The fraction of sp³-hybridized carbons (Fsp3) is 0. The van der Waals surface area contributed by atoms with Gasteiger partial charge in [-0.25, -0.2) is 0 Å². The highest BCUT2D eigenvalue weighted by Gasteiger charge is 2.33. The maximum Gasteiger partial charge on any atom is 0.291 e. The molecule has 0 saturated heterocycles. The zero-order valence-corrected chi connectivity index (χ0v) is 18.0. The minimum absolute atomic E-state index is 0.137. The summed E-state index contributed by atoms with van der Waals surface area (Å²) in [6.07, 6.45) is 0. The Kier molecular flexibility index (Phi) is 6.31. The highest BCUT2D eigenvalue weighted by molar-refractivity contribution is 5.91. The molecule has 0 radical (unpaired) electrons. The Hall–Kier alpha value is -5.32. The third-order valence-corrected chi connectivity index (χ3v) is 5.14. The van der Waals surface area contributed by atoms with Crippen molar-refractivity contribution in [3.05, 3.63) is 127 Å². The van der Waals surface area contributed by atoms with E-state index in [1.54, 1.807) is 23.2 Å². The number of para-hydroxylation sites is 3. The molecule has 11 heteroatoms. The minimum Gasteiger partial charge on any atom is -0.293 e. The van der Waals surface area contributed by atoms with E-state index in [1.165, 1.54) is 6.07 Å². The van der Waals surface area contributed by atoms with Gasteiger partial charge in [-0.1, -0.05) is 54.6 Å². The Labute approximate surface area is 198 Å². The van der Waals surface area contributed by atoms with Gasteiger partial charge in [-0.15, -0.1) is 0 Å². The number of nitrogens with zero attached hydrogens (tertiary/aromatic N) is 4. The monoisotopic (exact) mass is 471 g/mol. The third-order valence-electron chi connectivity index (χ3n) is 5.14. The largest absolute Gasteiger partial charge is 0.293 e. The van der Waals surface area contributed by atoms with E-state index in [-0.39, 0.29) is 11.1 Å². The highest BCUT2D eigenvalue weighted by Crippen LogP contribution is 2.44. The molecular formula is C24H17N5O6. The molecule has 35 heavy (non-hydrogen) atoms. The summed E-state index contributed by atoms with van der Waals surface area (Å²) in [4.78, 5) is 32.3. The van der Waals surface area contributed by atoms with Gasteiger partial charge < -0.3 is 0 Å². The van der Waals surface area contributed by atoms with Gasteiger partial charge in [-0.3, -0.25) is 40.8 Å². The third kappa shape index (κ3) is 4.73. The lowest BCUT2D eigenvalue weighted by Gasteiger charge is -2.27. The van der Waals surface area contributed by atoms with E-state index in [0.717, 1.165) is 23.5 Å². The van der Waals surface area contributed by atoms with Gasteiger partial charge in [0.1, 0.15) is 5.56 Å². The fourth-order valence-electron chi connectivity index (χ4n) is 3.62. The molecule has 0 unspecified atom stereocenters. The molecule has 11 nitrogen and oxygen atoms in total. The average Bonchev–Trinajstić information content (AvgIpc) is 2.87. The summed E-state index contributed by atoms with van der Waals surface area (Å²) in [5.74, 6) is 0. The van der Waals surface area contributed by atoms with Crippen molar-refractivity contribution in [1.82, 2.24) is 0 Å². The number of nitro benzene ring substituents is 3. The lowest BCUT2D eigenvalue weighted by atomic mass is 9.99. The number of benzene rings is 4. The predicted octanol–water partition coefficient (Wildman–Crippen LogP) is 6.24. The molecule has 0 atom stereocenters. The summed E-state index contributed by atoms with van der Waals surface area (Å²) < 4.78 is 0. The van der Waals surface area contributed by atoms with E-state index in [4.69, 9.17) is 0 Å². The molecule has 0 bridgehead atoms. The summed E-state index contributed by atoms with van der Waals surface area (Å²) >= 11 is 0. The summed E-state index contributed by atoms with van der Waals surface area (Å²) in [5.41, 5.74) is 2.56. The Bertz CT molecular complexity index is 1340. The maximum atomic E-state index is 11.9. The first-order valence-corrected chi connectivity index (χ1v) is 10.2. The van der Waals surface area contributed by atoms with Crippen LogP contribution in [0, 0.1) is 30.3 Å². The molecule has 4 rings (SSSR count). The lowest BCUT2D eigenvalue weighted by Crippen LogP contribution is -2.24. The molecule has 174 valence electrons. The van der Waals surface area contributed by atoms with Crippen molar-refractivity contribution in [2.45, 2.75) is 0 Å². The van der Waals surface area contributed by atoms with Gasteiger partial charge in [-0.05, 0) is 30.3 Å². The molecule has 0 amide bonds. The van der Waals surface area contributed by atoms with E-state index < -0.39 is 31.8 Å². The van der Waals surface area contributed by atoms with Crippen molar-refractivity contribution in [2.75, 3.05) is 10.4 Å². The number of hydrazine groups is 1. The maximum absolute atomic E-state index is 11.9. The molecule has 0 aliphatic heterocycles. The SMILES string of the molecule is O=[N+]([O-])c1cc([N+](=O)[O-])c(-c2ccccc2NN(c2ccccc2)c2ccccc2)c([N+](=O)[O-])c1. The number of nitro groups is 3. The van der Waals surface area contributed by atoms with Gasteiger partial charge in [-0.2, -0.15) is 0 Å². The molecule has 0 aliphatic rings. The van der Waals surface area contributed by atoms with Crippen LogP contribution in [-0.4, -0.2) is 14.8 Å². The van der Waals surface area contributed by atoms with Crippen LogP contribution in [-0.2, 0) is 0 Å². The number of rotatable bonds is 8. The van der Waals surface area contributed by atoms with Gasteiger partial charge >= 0.3 is 0 Å². The smallest absolute Gasteiger partial charge is 0.291 e. The molecule has 0 aromatic heterocycles. The van der Waals surface area contributed by atoms with E-state index in [1.807, 2.05) is 60.7 Å². The molecule has 4 aromatic carbocycles. The van der Waals surface area contributed by atoms with Gasteiger partial charge in [0.05, 0.1) is 44.0 Å². The summed E-state index contributed by atoms with van der Waals surface area (Å²) in [7, 11) is 0. The van der Waals surface area contributed by atoms with E-state index in [9.17, 15) is 30.3 Å². The Balaban J connectivity index is 1.92. The number of non-ortho nitro benzene ring substituents is 1. The second kappa shape index (κ2) is 9.67. The van der Waals surface area contributed by atoms with Gasteiger partial charge in [0.2, 0.25) is 0 Å². The Morgan fingerprint density at radius 3 is 1.51 bits per heavy atom. The van der Waals surface area contributed by atoms with Crippen molar-refractivity contribution in [2.24, 2.45) is 0 Å². The van der Waals surface area contributed by atoms with Gasteiger partial charge in [0.15, 0.2) is 0 Å². The van der Waals surface area contributed by atoms with Crippen LogP contribution in [0.3, 0.4) is 0 Å². The van der Waals surface area contributed by atoms with Crippen molar-refractivity contribution in [3.63, 3.8) is 0 Å². The average molecular weight is 471 g/mol. The van der Waals surface area contributed by atoms with Crippen LogP contribution < -0.4 is 10.4 Å². The van der Waals surface area contributed by atoms with Crippen molar-refractivity contribution in [1.29, 1.82) is 0 Å². The number of hydrogen-bond donors (Lipinski definition) is 1. The van der Waals surface area contributed by atoms with Crippen molar-refractivity contribution >= 4 is 34.1 Å². The zero-order valence-electron chi connectivity index (χ0n) is 18.0. The van der Waals surface area contributed by atoms with E-state index in [0.29, 0.717) is 5.69 Å². The summed E-state index contributed by atoms with van der Waals surface area (Å²) in [6, 6.07) is 26.2. The topological polar surface area (TPSA) is 145 Å². The summed E-state index contributed by atoms with van der Waals surface area (Å²) in [5, 5.41) is 36.7. The number of anilines is 3. The van der Waals surface area contributed by atoms with Crippen LogP contribution in [0.15, 0.2) is 97.1 Å². The first-order chi connectivity index (χ1) is 16.9. The molecular weight excluding hydrogens is 454 g/mol. The second-order valence-electron chi connectivity index (χ2n) is 7.29. The van der Waals surface area contributed by atoms with Crippen molar-refractivity contribution in [3.8, 4) is 11.1 Å². The van der Waals surface area contributed by atoms with E-state index in [2.05, 4.69) is 5.43 Å². The van der Waals surface area contributed by atoms with Crippen LogP contribution >= 0.6 is 0 Å². The number of hydrogen-bond acceptors (Lipinski definition) is 8. The molecule has 4 aromatic rings. The molecule has 0 spiro atoms. The van der Waals surface area contributed by atoms with Crippen molar-refractivity contribution < 1.29 is 14.8 Å². The predicted molar refractivity (Wildman–Crippen MR) is 130 cm³/mol. The van der Waals surface area contributed by atoms with Crippen LogP contribution in [0.4, 0.5) is 34.1 Å². The molecule has 0 heterocycles. The molecule has 0 saturated carbocycles. The fourth-order valence-corrected chi connectivity index (χ4v) is 3.62. The zero-order chi connectivity index (χ0) is 24.9. The first kappa shape index (κ1) is 22.9. The second-order valence-corrected chi connectivity index (χ2v) is 7.29. The van der Waals surface area contributed by atoms with Crippen LogP contribution in [0.2, 0.25) is 0 Å². The van der Waals surface area contributed by atoms with E-state index >= 15 is 0 Å². The standard InChI is InChI=1S/C24H17N5O6/c30-27(31)19-15-22(28(32)33)24(23(16-19)29(34)35)20-13-7-8-14-21(20)25-26(17-9-3-1-4-10-17)18-11-5-2-6-12-18/h1-16,25H. The quantitative estimate of drug-likeness (QED) is 0.235. The van der Waals surface area contributed by atoms with Crippen LogP contribution in [0.25, 0.3) is 11.1 Å². The molecule has 0 aliphatic carbocycles. The first-order valence-electron chi connectivity index (χ1n) is 10.2. The Morgan fingerprint density at radius 1 is 0.600 bits per heavy atom. The summed E-state index contributed by atoms with van der Waals surface area (Å²) in [6.45, 7) is 0. The molecule has 1 N–H and O–H groups in total. The normalized spacial score (nSPS) is 10.4. The molecule has 0 fully saturated rings. The number of nitrogens with one attached hydrogen (secondary N) is 1. The highest BCUT2D eigenvalue weighted by atomic mass is 16.6. The lowest BCUT2D eigenvalue weighted by molar-refractivity contribution is -0.402. The minimum atomic E-state index is -0.902. The van der Waals surface area contributed by atoms with Gasteiger partial charge in [0, 0.05) is 5.56 Å².